The third kappa shape index (κ3) is 3.65. The van der Waals surface area contributed by atoms with Gasteiger partial charge in [0.25, 0.3) is 5.91 Å². The zero-order valence-electron chi connectivity index (χ0n) is 12.6. The van der Waals surface area contributed by atoms with Crippen molar-refractivity contribution in [2.75, 3.05) is 19.0 Å². The van der Waals surface area contributed by atoms with Crippen LogP contribution in [-0.4, -0.2) is 25.4 Å². The fourth-order valence-electron chi connectivity index (χ4n) is 1.86. The van der Waals surface area contributed by atoms with E-state index >= 15 is 0 Å². The van der Waals surface area contributed by atoms with E-state index in [2.05, 4.69) is 5.32 Å². The summed E-state index contributed by atoms with van der Waals surface area (Å²) in [5, 5.41) is 2.78. The van der Waals surface area contributed by atoms with E-state index in [1.54, 1.807) is 37.4 Å². The van der Waals surface area contributed by atoms with E-state index in [0.29, 0.717) is 33.5 Å². The predicted molar refractivity (Wildman–Crippen MR) is 86.4 cm³/mol. The predicted octanol–water partition coefficient (Wildman–Crippen LogP) is 3.61. The molecule has 0 aliphatic rings. The molecule has 116 valence electrons. The monoisotopic (exact) mass is 319 g/mol. The molecule has 1 aromatic heterocycles. The molecular formula is C16H17NO4S. The molecule has 1 heterocycles. The Bertz CT molecular complexity index is 693. The molecule has 1 amide bonds. The van der Waals surface area contributed by atoms with Crippen LogP contribution >= 0.6 is 11.3 Å². The molecule has 0 spiro atoms. The van der Waals surface area contributed by atoms with Gasteiger partial charge >= 0.3 is 0 Å². The third-order valence-corrected chi connectivity index (χ3v) is 4.08. The average molecular weight is 319 g/mol. The second-order valence-corrected chi connectivity index (χ2v) is 5.56. The minimum Gasteiger partial charge on any atom is -0.493 e. The second kappa shape index (κ2) is 7.09. The minimum atomic E-state index is -0.260. The van der Waals surface area contributed by atoms with Gasteiger partial charge in [0.05, 0.1) is 23.5 Å². The molecule has 5 nitrogen and oxygen atoms in total. The van der Waals surface area contributed by atoms with Gasteiger partial charge in [0.15, 0.2) is 17.3 Å². The van der Waals surface area contributed by atoms with Crippen LogP contribution in [0.25, 0.3) is 0 Å². The number of carbonyl (C=O) groups is 2. The first-order valence-corrected chi connectivity index (χ1v) is 7.59. The van der Waals surface area contributed by atoms with Crippen molar-refractivity contribution in [2.45, 2.75) is 13.8 Å². The number of hydrogen-bond acceptors (Lipinski definition) is 5. The Morgan fingerprint density at radius 1 is 1.14 bits per heavy atom. The number of ketones is 1. The molecule has 22 heavy (non-hydrogen) atoms. The highest BCUT2D eigenvalue weighted by molar-refractivity contribution is 7.16. The van der Waals surface area contributed by atoms with Crippen LogP contribution < -0.4 is 14.8 Å². The van der Waals surface area contributed by atoms with Gasteiger partial charge in [-0.15, -0.1) is 11.3 Å². The van der Waals surface area contributed by atoms with E-state index in [1.807, 2.05) is 6.92 Å². The van der Waals surface area contributed by atoms with E-state index in [4.69, 9.17) is 9.47 Å². The number of anilines is 1. The smallest absolute Gasteiger partial charge is 0.265 e. The summed E-state index contributed by atoms with van der Waals surface area (Å²) >= 11 is 1.17. The van der Waals surface area contributed by atoms with Crippen LogP contribution in [0.5, 0.6) is 11.5 Å². The molecule has 1 N–H and O–H groups in total. The summed E-state index contributed by atoms with van der Waals surface area (Å²) in [4.78, 5) is 24.5. The molecule has 0 aliphatic heterocycles. The summed E-state index contributed by atoms with van der Waals surface area (Å²) in [6.45, 7) is 3.90. The van der Waals surface area contributed by atoms with E-state index in [-0.39, 0.29) is 11.7 Å². The highest BCUT2D eigenvalue weighted by Crippen LogP contribution is 2.30. The second-order valence-electron chi connectivity index (χ2n) is 4.47. The maximum absolute atomic E-state index is 12.2. The Morgan fingerprint density at radius 2 is 1.86 bits per heavy atom. The van der Waals surface area contributed by atoms with Crippen LogP contribution in [0, 0.1) is 0 Å². The number of benzene rings is 1. The van der Waals surface area contributed by atoms with E-state index < -0.39 is 0 Å². The van der Waals surface area contributed by atoms with Crippen molar-refractivity contribution in [1.82, 2.24) is 0 Å². The number of rotatable bonds is 6. The van der Waals surface area contributed by atoms with E-state index in [9.17, 15) is 9.59 Å². The number of carbonyl (C=O) groups excluding carboxylic acids is 2. The maximum Gasteiger partial charge on any atom is 0.265 e. The zero-order chi connectivity index (χ0) is 16.1. The standard InChI is InChI=1S/C16H17NO4S/c1-4-21-12-6-5-11(9-13(12)20-3)17-16(19)15-8-7-14(22-15)10(2)18/h5-9H,4H2,1-3H3,(H,17,19). The van der Waals surface area contributed by atoms with Crippen molar-refractivity contribution in [3.05, 3.63) is 40.1 Å². The number of methoxy groups -OCH3 is 1. The Kier molecular flexibility index (Phi) is 5.16. The Balaban J connectivity index is 2.15. The molecular weight excluding hydrogens is 302 g/mol. The van der Waals surface area contributed by atoms with Crippen LogP contribution in [0.4, 0.5) is 5.69 Å². The molecule has 2 aromatic rings. The van der Waals surface area contributed by atoms with Crippen molar-refractivity contribution in [1.29, 1.82) is 0 Å². The summed E-state index contributed by atoms with van der Waals surface area (Å²) < 4.78 is 10.7. The van der Waals surface area contributed by atoms with Crippen LogP contribution in [0.15, 0.2) is 30.3 Å². The lowest BCUT2D eigenvalue weighted by Gasteiger charge is -2.11. The number of Topliss-reactive ketones (excluding diaryl/α,β-unsaturated/α-hetero) is 1. The molecule has 6 heteroatoms. The average Bonchev–Trinajstić information content (AvgIpc) is 2.99. The van der Waals surface area contributed by atoms with Gasteiger partial charge in [-0.05, 0) is 38.1 Å². The minimum absolute atomic E-state index is 0.0493. The van der Waals surface area contributed by atoms with Crippen LogP contribution in [-0.2, 0) is 0 Å². The van der Waals surface area contributed by atoms with Gasteiger partial charge in [-0.1, -0.05) is 0 Å². The fourth-order valence-corrected chi connectivity index (χ4v) is 2.66. The van der Waals surface area contributed by atoms with E-state index in [1.165, 1.54) is 18.3 Å². The lowest BCUT2D eigenvalue weighted by Crippen LogP contribution is -2.10. The molecule has 0 unspecified atom stereocenters. The lowest BCUT2D eigenvalue weighted by molar-refractivity contribution is 0.101. The number of amides is 1. The van der Waals surface area contributed by atoms with Crippen molar-refractivity contribution < 1.29 is 19.1 Å². The molecule has 0 fully saturated rings. The molecule has 2 rings (SSSR count). The number of hydrogen-bond donors (Lipinski definition) is 1. The molecule has 1 aromatic carbocycles. The summed E-state index contributed by atoms with van der Waals surface area (Å²) in [5.41, 5.74) is 0.600. The number of nitrogens with one attached hydrogen (secondary N) is 1. The van der Waals surface area contributed by atoms with Gasteiger partial charge in [-0.2, -0.15) is 0 Å². The van der Waals surface area contributed by atoms with Crippen LogP contribution in [0.1, 0.15) is 33.2 Å². The van der Waals surface area contributed by atoms with Crippen molar-refractivity contribution in [3.8, 4) is 11.5 Å². The molecule has 0 saturated heterocycles. The summed E-state index contributed by atoms with van der Waals surface area (Å²) in [7, 11) is 1.54. The third-order valence-electron chi connectivity index (χ3n) is 2.90. The first-order valence-electron chi connectivity index (χ1n) is 6.78. The van der Waals surface area contributed by atoms with Gasteiger partial charge in [0.2, 0.25) is 0 Å². The number of ether oxygens (including phenoxy) is 2. The van der Waals surface area contributed by atoms with Gasteiger partial charge in [0, 0.05) is 11.8 Å². The number of thiophene rings is 1. The largest absolute Gasteiger partial charge is 0.493 e. The molecule has 0 aliphatic carbocycles. The SMILES string of the molecule is CCOc1ccc(NC(=O)c2ccc(C(C)=O)s2)cc1OC. The highest BCUT2D eigenvalue weighted by Gasteiger charge is 2.13. The lowest BCUT2D eigenvalue weighted by atomic mass is 10.2. The van der Waals surface area contributed by atoms with Crippen molar-refractivity contribution in [2.24, 2.45) is 0 Å². The Hall–Kier alpha value is -2.34. The highest BCUT2D eigenvalue weighted by atomic mass is 32.1. The first-order chi connectivity index (χ1) is 10.5. The summed E-state index contributed by atoms with van der Waals surface area (Å²) in [5.74, 6) is 0.865. The van der Waals surface area contributed by atoms with Gasteiger partial charge in [-0.25, -0.2) is 0 Å². The molecule has 0 radical (unpaired) electrons. The normalized spacial score (nSPS) is 10.1. The fraction of sp³-hybridized carbons (Fsp3) is 0.250. The molecule has 0 atom stereocenters. The topological polar surface area (TPSA) is 64.6 Å². The van der Waals surface area contributed by atoms with Gasteiger partial charge in [0.1, 0.15) is 0 Å². The molecule has 0 bridgehead atoms. The quantitative estimate of drug-likeness (QED) is 0.826. The van der Waals surface area contributed by atoms with E-state index in [0.717, 1.165) is 0 Å². The Morgan fingerprint density at radius 3 is 2.45 bits per heavy atom. The Labute approximate surface area is 132 Å². The van der Waals surface area contributed by atoms with Crippen molar-refractivity contribution in [3.63, 3.8) is 0 Å². The zero-order valence-corrected chi connectivity index (χ0v) is 13.5. The molecule has 0 saturated carbocycles. The van der Waals surface area contributed by atoms with Crippen molar-refractivity contribution >= 4 is 28.7 Å². The maximum atomic E-state index is 12.2. The van der Waals surface area contributed by atoms with Crippen LogP contribution in [0.3, 0.4) is 0 Å². The van der Waals surface area contributed by atoms with Gasteiger partial charge in [-0.3, -0.25) is 9.59 Å². The first kappa shape index (κ1) is 16.0. The van der Waals surface area contributed by atoms with Gasteiger partial charge < -0.3 is 14.8 Å². The summed E-state index contributed by atoms with van der Waals surface area (Å²) in [6, 6.07) is 8.48. The van der Waals surface area contributed by atoms with Crippen LogP contribution in [0.2, 0.25) is 0 Å². The summed E-state index contributed by atoms with van der Waals surface area (Å²) in [6.07, 6.45) is 0.